The van der Waals surface area contributed by atoms with Crippen LogP contribution in [0.5, 0.6) is 0 Å². The van der Waals surface area contributed by atoms with Crippen molar-refractivity contribution in [3.8, 4) is 0 Å². The van der Waals surface area contributed by atoms with Crippen LogP contribution in [0.25, 0.3) is 11.3 Å². The molecule has 164 valence electrons. The Hall–Kier alpha value is -2.79. The van der Waals surface area contributed by atoms with Crippen LogP contribution < -0.4 is 0 Å². The Bertz CT molecular complexity index is 1100. The van der Waals surface area contributed by atoms with E-state index in [9.17, 15) is 9.59 Å². The molecule has 0 bridgehead atoms. The first kappa shape index (κ1) is 19.9. The Morgan fingerprint density at radius 1 is 0.938 bits per heavy atom. The zero-order chi connectivity index (χ0) is 21.7. The van der Waals surface area contributed by atoms with Crippen molar-refractivity contribution in [2.45, 2.75) is 44.6 Å². The van der Waals surface area contributed by atoms with E-state index in [2.05, 4.69) is 9.88 Å². The number of rotatable bonds is 5. The Balaban J connectivity index is 1.30. The lowest BCUT2D eigenvalue weighted by Gasteiger charge is -2.34. The van der Waals surface area contributed by atoms with Gasteiger partial charge in [0.15, 0.2) is 11.9 Å². The SMILES string of the molecule is O=C1CCc2cc(C3=C(c4ccncc4)OC(C4CCN(CC5CC5)CC4)C3=O)ccc21. The lowest BCUT2D eigenvalue weighted by molar-refractivity contribution is -0.122. The molecule has 2 aliphatic carbocycles. The monoisotopic (exact) mass is 428 g/mol. The second-order valence-corrected chi connectivity index (χ2v) is 9.72. The van der Waals surface area contributed by atoms with Crippen LogP contribution >= 0.6 is 0 Å². The highest BCUT2D eigenvalue weighted by molar-refractivity contribution is 6.31. The molecule has 6 rings (SSSR count). The minimum atomic E-state index is -0.425. The minimum Gasteiger partial charge on any atom is -0.481 e. The van der Waals surface area contributed by atoms with Crippen LogP contribution in [0.3, 0.4) is 0 Å². The Kier molecular flexibility index (Phi) is 4.94. The Morgan fingerprint density at radius 2 is 1.72 bits per heavy atom. The van der Waals surface area contributed by atoms with Crippen molar-refractivity contribution in [2.75, 3.05) is 19.6 Å². The molecule has 4 aliphatic rings. The van der Waals surface area contributed by atoms with Gasteiger partial charge in [0.05, 0.1) is 5.57 Å². The number of ether oxygens (including phenoxy) is 1. The number of benzene rings is 1. The van der Waals surface area contributed by atoms with Crippen LogP contribution in [0.4, 0.5) is 0 Å². The van der Waals surface area contributed by atoms with Crippen molar-refractivity contribution in [2.24, 2.45) is 11.8 Å². The number of carbonyl (C=O) groups excluding carboxylic acids is 2. The molecule has 1 aromatic heterocycles. The van der Waals surface area contributed by atoms with Gasteiger partial charge >= 0.3 is 0 Å². The summed E-state index contributed by atoms with van der Waals surface area (Å²) in [6.45, 7) is 3.32. The lowest BCUT2D eigenvalue weighted by Crippen LogP contribution is -2.40. The molecule has 0 radical (unpaired) electrons. The quantitative estimate of drug-likeness (QED) is 0.715. The highest BCUT2D eigenvalue weighted by atomic mass is 16.5. The smallest absolute Gasteiger partial charge is 0.207 e. The number of nitrogens with zero attached hydrogens (tertiary/aromatic N) is 2. The van der Waals surface area contributed by atoms with Crippen LogP contribution in [-0.4, -0.2) is 47.2 Å². The highest BCUT2D eigenvalue weighted by Crippen LogP contribution is 2.42. The van der Waals surface area contributed by atoms with Crippen molar-refractivity contribution in [1.29, 1.82) is 0 Å². The normalized spacial score (nSPS) is 24.2. The molecule has 5 heteroatoms. The van der Waals surface area contributed by atoms with Gasteiger partial charge in [-0.05, 0) is 74.4 Å². The summed E-state index contributed by atoms with van der Waals surface area (Å²) in [7, 11) is 0. The number of ketones is 2. The molecule has 3 heterocycles. The minimum absolute atomic E-state index is 0.0849. The number of likely N-dealkylation sites (tertiary alicyclic amines) is 1. The molecule has 1 aromatic carbocycles. The van der Waals surface area contributed by atoms with E-state index >= 15 is 0 Å². The average molecular weight is 429 g/mol. The lowest BCUT2D eigenvalue weighted by atomic mass is 9.86. The van der Waals surface area contributed by atoms with E-state index in [1.165, 1.54) is 19.4 Å². The molecule has 0 spiro atoms. The van der Waals surface area contributed by atoms with Crippen molar-refractivity contribution in [3.05, 3.63) is 65.0 Å². The molecule has 2 fully saturated rings. The van der Waals surface area contributed by atoms with E-state index in [1.807, 2.05) is 30.3 Å². The molecule has 2 aromatic rings. The molecule has 1 saturated heterocycles. The van der Waals surface area contributed by atoms with Gasteiger partial charge in [-0.15, -0.1) is 0 Å². The number of piperidine rings is 1. The third kappa shape index (κ3) is 3.58. The molecule has 5 nitrogen and oxygen atoms in total. The van der Waals surface area contributed by atoms with Crippen molar-refractivity contribution >= 4 is 22.9 Å². The van der Waals surface area contributed by atoms with Gasteiger partial charge in [0.2, 0.25) is 5.78 Å². The van der Waals surface area contributed by atoms with E-state index in [1.54, 1.807) is 12.4 Å². The number of carbonyl (C=O) groups is 2. The van der Waals surface area contributed by atoms with E-state index in [0.717, 1.165) is 60.5 Å². The van der Waals surface area contributed by atoms with Crippen LogP contribution in [0.2, 0.25) is 0 Å². The second kappa shape index (κ2) is 7.96. The number of aromatic nitrogens is 1. The zero-order valence-corrected chi connectivity index (χ0v) is 18.3. The van der Waals surface area contributed by atoms with Gasteiger partial charge in [-0.1, -0.05) is 18.2 Å². The number of hydrogen-bond acceptors (Lipinski definition) is 5. The fourth-order valence-corrected chi connectivity index (χ4v) is 5.51. The first-order chi connectivity index (χ1) is 15.7. The van der Waals surface area contributed by atoms with Crippen LogP contribution in [0.1, 0.15) is 59.2 Å². The van der Waals surface area contributed by atoms with E-state index in [0.29, 0.717) is 17.8 Å². The first-order valence-electron chi connectivity index (χ1n) is 11.9. The predicted molar refractivity (Wildman–Crippen MR) is 122 cm³/mol. The number of pyridine rings is 1. The van der Waals surface area contributed by atoms with Gasteiger partial charge in [-0.25, -0.2) is 0 Å². The fraction of sp³-hybridized carbons (Fsp3) is 0.444. The van der Waals surface area contributed by atoms with Crippen molar-refractivity contribution < 1.29 is 14.3 Å². The molecular weight excluding hydrogens is 400 g/mol. The van der Waals surface area contributed by atoms with Crippen molar-refractivity contribution in [3.63, 3.8) is 0 Å². The molecule has 2 aliphatic heterocycles. The molecule has 0 amide bonds. The molecule has 32 heavy (non-hydrogen) atoms. The van der Waals surface area contributed by atoms with Crippen LogP contribution in [0, 0.1) is 11.8 Å². The summed E-state index contributed by atoms with van der Waals surface area (Å²) in [6.07, 6.45) is 9.10. The molecule has 0 N–H and O–H groups in total. The fourth-order valence-electron chi connectivity index (χ4n) is 5.51. The van der Waals surface area contributed by atoms with E-state index < -0.39 is 6.10 Å². The van der Waals surface area contributed by atoms with Crippen molar-refractivity contribution in [1.82, 2.24) is 9.88 Å². The third-order valence-electron chi connectivity index (χ3n) is 7.51. The van der Waals surface area contributed by atoms with Gasteiger partial charge in [0.1, 0.15) is 5.76 Å². The summed E-state index contributed by atoms with van der Waals surface area (Å²) in [6, 6.07) is 9.63. The van der Waals surface area contributed by atoms with Gasteiger partial charge in [0, 0.05) is 42.4 Å². The predicted octanol–water partition coefficient (Wildman–Crippen LogP) is 4.17. The largest absolute Gasteiger partial charge is 0.481 e. The van der Waals surface area contributed by atoms with Crippen LogP contribution in [-0.2, 0) is 16.0 Å². The van der Waals surface area contributed by atoms with Gasteiger partial charge in [-0.3, -0.25) is 14.6 Å². The summed E-state index contributed by atoms with van der Waals surface area (Å²) < 4.78 is 6.45. The van der Waals surface area contributed by atoms with E-state index in [-0.39, 0.29) is 17.5 Å². The maximum absolute atomic E-state index is 13.7. The zero-order valence-electron chi connectivity index (χ0n) is 18.3. The van der Waals surface area contributed by atoms with Crippen LogP contribution in [0.15, 0.2) is 42.7 Å². The number of aryl methyl sites for hydroxylation is 1. The first-order valence-corrected chi connectivity index (χ1v) is 11.9. The van der Waals surface area contributed by atoms with Gasteiger partial charge in [0.25, 0.3) is 0 Å². The number of Topliss-reactive ketones (excluding diaryl/α,β-unsaturated/α-hetero) is 2. The number of fused-ring (bicyclic) bond motifs is 1. The third-order valence-corrected chi connectivity index (χ3v) is 7.51. The van der Waals surface area contributed by atoms with Gasteiger partial charge < -0.3 is 9.64 Å². The Labute approximate surface area is 188 Å². The summed E-state index contributed by atoms with van der Waals surface area (Å²) >= 11 is 0. The Morgan fingerprint density at radius 3 is 2.47 bits per heavy atom. The topological polar surface area (TPSA) is 59.5 Å². The van der Waals surface area contributed by atoms with Gasteiger partial charge in [-0.2, -0.15) is 0 Å². The molecule has 1 atom stereocenters. The standard InChI is InChI=1S/C27H28N2O3/c30-23-6-4-20-15-21(3-5-22(20)23)24-25(31)27(32-26(24)18-7-11-28-12-8-18)19-9-13-29(14-10-19)16-17-1-2-17/h3,5,7-8,11-12,15,17,19,27H,1-2,4,6,9-10,13-14,16H2. The summed E-state index contributed by atoms with van der Waals surface area (Å²) in [5.74, 6) is 2.07. The highest BCUT2D eigenvalue weighted by Gasteiger charge is 2.42. The number of hydrogen-bond donors (Lipinski definition) is 0. The maximum atomic E-state index is 13.7. The summed E-state index contributed by atoms with van der Waals surface area (Å²) in [5, 5.41) is 0. The maximum Gasteiger partial charge on any atom is 0.207 e. The molecule has 1 saturated carbocycles. The second-order valence-electron chi connectivity index (χ2n) is 9.72. The molecule has 1 unspecified atom stereocenters. The van der Waals surface area contributed by atoms with E-state index in [4.69, 9.17) is 4.74 Å². The average Bonchev–Trinajstić information content (AvgIpc) is 3.47. The summed E-state index contributed by atoms with van der Waals surface area (Å²) in [5.41, 5.74) is 4.24. The molecular formula is C27H28N2O3. The summed E-state index contributed by atoms with van der Waals surface area (Å²) in [4.78, 5) is 32.5.